The number of rotatable bonds is 9. The number of carbonyl (C=O) groups excluding carboxylic acids is 2. The van der Waals surface area contributed by atoms with Crippen molar-refractivity contribution in [2.45, 2.75) is 31.3 Å². The van der Waals surface area contributed by atoms with Crippen LogP contribution >= 0.6 is 0 Å². The van der Waals surface area contributed by atoms with Gasteiger partial charge in [0, 0.05) is 19.6 Å². The maximum absolute atomic E-state index is 13.4. The number of hydrogen-bond acceptors (Lipinski definition) is 6. The molecule has 1 aliphatic rings. The number of likely N-dealkylation sites (tertiary alicyclic amines) is 1. The number of para-hydroxylation sites is 1. The van der Waals surface area contributed by atoms with Gasteiger partial charge in [0.15, 0.2) is 0 Å². The quantitative estimate of drug-likeness (QED) is 0.462. The molecule has 1 atom stereocenters. The molecule has 0 saturated carbocycles. The first-order valence-electron chi connectivity index (χ1n) is 11.0. The lowest BCUT2D eigenvalue weighted by Gasteiger charge is -2.40. The topological polar surface area (TPSA) is 79.9 Å². The Balaban J connectivity index is 1.61. The minimum Gasteiger partial charge on any atom is -0.492 e. The molecule has 1 fully saturated rings. The van der Waals surface area contributed by atoms with Gasteiger partial charge in [0.25, 0.3) is 0 Å². The minimum atomic E-state index is -0.632. The Morgan fingerprint density at radius 3 is 2.34 bits per heavy atom. The zero-order valence-electron chi connectivity index (χ0n) is 19.1. The number of amides is 1. The average molecular weight is 440 g/mol. The number of esters is 1. The monoisotopic (exact) mass is 439 g/mol. The van der Waals surface area contributed by atoms with E-state index in [9.17, 15) is 9.59 Å². The molecule has 3 rings (SSSR count). The highest BCUT2D eigenvalue weighted by Crippen LogP contribution is 2.24. The molecule has 0 spiro atoms. The molecule has 2 aromatic carbocycles. The van der Waals surface area contributed by atoms with Crippen LogP contribution in [0.15, 0.2) is 54.6 Å². The summed E-state index contributed by atoms with van der Waals surface area (Å²) < 4.78 is 10.5. The fraction of sp³-hybridized carbons (Fsp3) is 0.440. The minimum absolute atomic E-state index is 0.00476. The maximum Gasteiger partial charge on any atom is 0.337 e. The summed E-state index contributed by atoms with van der Waals surface area (Å²) in [6.07, 6.45) is 1.46. The van der Waals surface area contributed by atoms with Gasteiger partial charge in [-0.1, -0.05) is 30.3 Å². The summed E-state index contributed by atoms with van der Waals surface area (Å²) in [4.78, 5) is 27.3. The third-order valence-corrected chi connectivity index (χ3v) is 6.03. The first-order valence-corrected chi connectivity index (χ1v) is 11.0. The van der Waals surface area contributed by atoms with Crippen molar-refractivity contribution in [2.24, 2.45) is 0 Å². The van der Waals surface area contributed by atoms with Crippen molar-refractivity contribution in [2.75, 3.05) is 40.4 Å². The van der Waals surface area contributed by atoms with Crippen molar-refractivity contribution in [3.8, 4) is 5.75 Å². The predicted octanol–water partition coefficient (Wildman–Crippen LogP) is 2.78. The molecule has 7 nitrogen and oxygen atoms in total. The number of nitrogens with one attached hydrogen (secondary N) is 2. The van der Waals surface area contributed by atoms with E-state index < -0.39 is 5.54 Å². The van der Waals surface area contributed by atoms with Gasteiger partial charge in [-0.2, -0.15) is 0 Å². The second-order valence-electron chi connectivity index (χ2n) is 8.28. The van der Waals surface area contributed by atoms with Gasteiger partial charge in [-0.05, 0) is 56.6 Å². The standard InChI is InChI=1S/C25H33N3O4/c1-19(20-9-11-21(12-10-20)23(29)31-3)27-24(30)25(13-16-28(2)17-14-25)26-15-18-32-22-7-5-4-6-8-22/h4-12,19,26H,13-18H2,1-3H3,(H,27,30)/t19-/m0/s1. The second-order valence-corrected chi connectivity index (χ2v) is 8.28. The van der Waals surface area contributed by atoms with Crippen LogP contribution in [0, 0.1) is 0 Å². The van der Waals surface area contributed by atoms with Crippen LogP contribution in [0.4, 0.5) is 0 Å². The molecular weight excluding hydrogens is 406 g/mol. The van der Waals surface area contributed by atoms with Crippen molar-refractivity contribution < 1.29 is 19.1 Å². The first kappa shape index (κ1) is 23.8. The summed E-state index contributed by atoms with van der Waals surface area (Å²) in [5.41, 5.74) is 0.787. The zero-order valence-corrected chi connectivity index (χ0v) is 19.1. The van der Waals surface area contributed by atoms with Crippen molar-refractivity contribution in [3.05, 3.63) is 65.7 Å². The van der Waals surface area contributed by atoms with E-state index in [1.54, 1.807) is 12.1 Å². The van der Waals surface area contributed by atoms with Crippen LogP contribution in [-0.4, -0.2) is 62.7 Å². The summed E-state index contributed by atoms with van der Waals surface area (Å²) in [5, 5.41) is 6.66. The Labute approximate surface area is 190 Å². The highest BCUT2D eigenvalue weighted by atomic mass is 16.5. The molecule has 1 saturated heterocycles. The molecule has 0 unspecified atom stereocenters. The van der Waals surface area contributed by atoms with Crippen LogP contribution in [0.5, 0.6) is 5.75 Å². The van der Waals surface area contributed by atoms with Gasteiger partial charge < -0.3 is 19.7 Å². The molecular formula is C25H33N3O4. The van der Waals surface area contributed by atoms with Gasteiger partial charge in [-0.15, -0.1) is 0 Å². The van der Waals surface area contributed by atoms with Crippen molar-refractivity contribution in [1.29, 1.82) is 0 Å². The number of ether oxygens (including phenoxy) is 2. The summed E-state index contributed by atoms with van der Waals surface area (Å²) >= 11 is 0. The number of nitrogens with zero attached hydrogens (tertiary/aromatic N) is 1. The second kappa shape index (κ2) is 11.1. The van der Waals surface area contributed by atoms with Gasteiger partial charge in [0.2, 0.25) is 5.91 Å². The van der Waals surface area contributed by atoms with Gasteiger partial charge >= 0.3 is 5.97 Å². The lowest BCUT2D eigenvalue weighted by molar-refractivity contribution is -0.130. The highest BCUT2D eigenvalue weighted by molar-refractivity contribution is 5.89. The van der Waals surface area contributed by atoms with E-state index in [2.05, 4.69) is 22.6 Å². The van der Waals surface area contributed by atoms with Gasteiger partial charge in [-0.3, -0.25) is 10.1 Å². The molecule has 7 heteroatoms. The third kappa shape index (κ3) is 6.08. The van der Waals surface area contributed by atoms with E-state index >= 15 is 0 Å². The molecule has 1 amide bonds. The van der Waals surface area contributed by atoms with E-state index in [1.807, 2.05) is 49.4 Å². The number of benzene rings is 2. The van der Waals surface area contributed by atoms with Gasteiger partial charge in [0.05, 0.1) is 18.7 Å². The van der Waals surface area contributed by atoms with E-state index in [1.165, 1.54) is 7.11 Å². The fourth-order valence-corrected chi connectivity index (χ4v) is 3.90. The molecule has 1 heterocycles. The Morgan fingerprint density at radius 2 is 1.72 bits per heavy atom. The molecule has 0 radical (unpaired) electrons. The SMILES string of the molecule is COC(=O)c1ccc([C@H](C)NC(=O)C2(NCCOc3ccccc3)CCN(C)CC2)cc1. The van der Waals surface area contributed by atoms with Crippen molar-refractivity contribution in [1.82, 2.24) is 15.5 Å². The molecule has 0 bridgehead atoms. The largest absolute Gasteiger partial charge is 0.492 e. The van der Waals surface area contributed by atoms with Crippen LogP contribution in [0.2, 0.25) is 0 Å². The smallest absolute Gasteiger partial charge is 0.337 e. The number of carbonyl (C=O) groups is 2. The molecule has 0 aliphatic carbocycles. The lowest BCUT2D eigenvalue weighted by atomic mass is 9.86. The van der Waals surface area contributed by atoms with Gasteiger partial charge in [0.1, 0.15) is 17.9 Å². The van der Waals surface area contributed by atoms with E-state index in [-0.39, 0.29) is 17.9 Å². The molecule has 2 aromatic rings. The number of methoxy groups -OCH3 is 1. The Morgan fingerprint density at radius 1 is 1.06 bits per heavy atom. The van der Waals surface area contributed by atoms with Gasteiger partial charge in [-0.25, -0.2) is 4.79 Å². The lowest BCUT2D eigenvalue weighted by Crippen LogP contribution is -2.62. The average Bonchev–Trinajstić information content (AvgIpc) is 2.83. The predicted molar refractivity (Wildman–Crippen MR) is 124 cm³/mol. The fourth-order valence-electron chi connectivity index (χ4n) is 3.90. The van der Waals surface area contributed by atoms with E-state index in [0.29, 0.717) is 18.7 Å². The Kier molecular flexibility index (Phi) is 8.25. The molecule has 32 heavy (non-hydrogen) atoms. The first-order chi connectivity index (χ1) is 15.4. The van der Waals surface area contributed by atoms with E-state index in [0.717, 1.165) is 37.2 Å². The number of hydrogen-bond donors (Lipinski definition) is 2. The Bertz CT molecular complexity index is 878. The van der Waals surface area contributed by atoms with Crippen LogP contribution in [0.3, 0.4) is 0 Å². The Hall–Kier alpha value is -2.90. The van der Waals surface area contributed by atoms with Crippen molar-refractivity contribution >= 4 is 11.9 Å². The molecule has 0 aromatic heterocycles. The molecule has 2 N–H and O–H groups in total. The third-order valence-electron chi connectivity index (χ3n) is 6.03. The summed E-state index contributed by atoms with van der Waals surface area (Å²) in [6, 6.07) is 16.6. The van der Waals surface area contributed by atoms with Crippen LogP contribution in [0.25, 0.3) is 0 Å². The molecule has 1 aliphatic heterocycles. The number of piperidine rings is 1. The van der Waals surface area contributed by atoms with Crippen LogP contribution < -0.4 is 15.4 Å². The normalized spacial score (nSPS) is 16.7. The van der Waals surface area contributed by atoms with Crippen LogP contribution in [-0.2, 0) is 9.53 Å². The highest BCUT2D eigenvalue weighted by Gasteiger charge is 2.40. The zero-order chi connectivity index (χ0) is 23.0. The molecule has 172 valence electrons. The maximum atomic E-state index is 13.4. The summed E-state index contributed by atoms with van der Waals surface area (Å²) in [7, 11) is 3.43. The summed E-state index contributed by atoms with van der Waals surface area (Å²) in [6.45, 7) is 4.71. The van der Waals surface area contributed by atoms with Crippen LogP contribution in [0.1, 0.15) is 41.7 Å². The van der Waals surface area contributed by atoms with E-state index in [4.69, 9.17) is 9.47 Å². The summed E-state index contributed by atoms with van der Waals surface area (Å²) in [5.74, 6) is 0.440. The van der Waals surface area contributed by atoms with Crippen molar-refractivity contribution in [3.63, 3.8) is 0 Å².